The zero-order valence-electron chi connectivity index (χ0n) is 15.7. The molecule has 1 unspecified atom stereocenters. The van der Waals surface area contributed by atoms with Crippen LogP contribution in [-0.2, 0) is 9.59 Å². The number of rotatable bonds is 6. The van der Waals surface area contributed by atoms with Gasteiger partial charge in [-0.2, -0.15) is 4.99 Å². The van der Waals surface area contributed by atoms with Gasteiger partial charge in [0.15, 0.2) is 5.17 Å². The van der Waals surface area contributed by atoms with Crippen LogP contribution in [0.25, 0.3) is 10.2 Å². The van der Waals surface area contributed by atoms with E-state index in [1.54, 1.807) is 18.2 Å². The minimum Gasteiger partial charge on any atom is -0.324 e. The number of benzene rings is 2. The molecule has 30 heavy (non-hydrogen) atoms. The van der Waals surface area contributed by atoms with Crippen LogP contribution in [0.4, 0.5) is 15.2 Å². The van der Waals surface area contributed by atoms with Crippen LogP contribution in [0.1, 0.15) is 6.42 Å². The molecule has 2 aromatic carbocycles. The first-order valence-corrected chi connectivity index (χ1v) is 10.8. The Morgan fingerprint density at radius 3 is 2.80 bits per heavy atom. The summed E-state index contributed by atoms with van der Waals surface area (Å²) in [6.45, 7) is 3.97. The van der Waals surface area contributed by atoms with E-state index in [1.165, 1.54) is 40.1 Å². The van der Waals surface area contributed by atoms with Gasteiger partial charge in [0.2, 0.25) is 16.9 Å². The quantitative estimate of drug-likeness (QED) is 0.570. The van der Waals surface area contributed by atoms with Gasteiger partial charge in [0.1, 0.15) is 11.1 Å². The number of amidine groups is 1. The lowest BCUT2D eigenvalue weighted by Gasteiger charge is -2.13. The highest BCUT2D eigenvalue weighted by Gasteiger charge is 2.38. The van der Waals surface area contributed by atoms with Gasteiger partial charge < -0.3 is 5.32 Å². The summed E-state index contributed by atoms with van der Waals surface area (Å²) in [5.74, 6) is -1.20. The van der Waals surface area contributed by atoms with Gasteiger partial charge in [-0.3, -0.25) is 14.5 Å². The molecular formula is C21H17FN4O2S2. The molecule has 1 N–H and O–H groups in total. The summed E-state index contributed by atoms with van der Waals surface area (Å²) in [5, 5.41) is 2.88. The van der Waals surface area contributed by atoms with E-state index in [0.29, 0.717) is 10.3 Å². The molecule has 9 heteroatoms. The normalized spacial score (nSPS) is 17.6. The highest BCUT2D eigenvalue weighted by atomic mass is 32.2. The highest BCUT2D eigenvalue weighted by molar-refractivity contribution is 8.15. The van der Waals surface area contributed by atoms with Gasteiger partial charge in [-0.1, -0.05) is 53.4 Å². The topological polar surface area (TPSA) is 74.7 Å². The van der Waals surface area contributed by atoms with E-state index in [9.17, 15) is 14.0 Å². The molecule has 1 aromatic heterocycles. The number of hydrogen-bond donors (Lipinski definition) is 1. The lowest BCUT2D eigenvalue weighted by molar-refractivity contribution is -0.127. The van der Waals surface area contributed by atoms with Crippen molar-refractivity contribution in [2.45, 2.75) is 11.7 Å². The lowest BCUT2D eigenvalue weighted by Crippen LogP contribution is -2.33. The van der Waals surface area contributed by atoms with Crippen molar-refractivity contribution in [1.82, 2.24) is 9.88 Å². The SMILES string of the molecule is C=CCN1C(=O)C(CC(=O)Nc2ccccc2F)SC1=Nc1nc2ccccc2s1. The second-order valence-electron chi connectivity index (χ2n) is 6.43. The second kappa shape index (κ2) is 8.76. The van der Waals surface area contributed by atoms with Gasteiger partial charge >= 0.3 is 0 Å². The maximum Gasteiger partial charge on any atom is 0.242 e. The third-order valence-electron chi connectivity index (χ3n) is 4.32. The first-order chi connectivity index (χ1) is 14.5. The molecule has 1 fully saturated rings. The van der Waals surface area contributed by atoms with Crippen molar-refractivity contribution in [3.63, 3.8) is 0 Å². The molecule has 2 amide bonds. The van der Waals surface area contributed by atoms with Crippen LogP contribution in [0.2, 0.25) is 0 Å². The number of amides is 2. The van der Waals surface area contributed by atoms with Crippen molar-refractivity contribution in [3.05, 3.63) is 67.0 Å². The summed E-state index contributed by atoms with van der Waals surface area (Å²) in [4.78, 5) is 35.7. The lowest BCUT2D eigenvalue weighted by atomic mass is 10.2. The summed E-state index contributed by atoms with van der Waals surface area (Å²) >= 11 is 2.63. The van der Waals surface area contributed by atoms with Crippen LogP contribution in [-0.4, -0.2) is 38.7 Å². The smallest absolute Gasteiger partial charge is 0.242 e. The molecule has 6 nitrogen and oxygen atoms in total. The Labute approximate surface area is 180 Å². The first kappa shape index (κ1) is 20.2. The first-order valence-electron chi connectivity index (χ1n) is 9.12. The predicted molar refractivity (Wildman–Crippen MR) is 120 cm³/mol. The fraction of sp³-hybridized carbons (Fsp3) is 0.143. The number of carbonyl (C=O) groups excluding carboxylic acids is 2. The van der Waals surface area contributed by atoms with E-state index in [-0.39, 0.29) is 24.6 Å². The maximum atomic E-state index is 13.8. The third-order valence-corrected chi connectivity index (χ3v) is 6.43. The number of thiazole rings is 1. The van der Waals surface area contributed by atoms with Crippen molar-refractivity contribution in [3.8, 4) is 0 Å². The van der Waals surface area contributed by atoms with E-state index < -0.39 is 17.0 Å². The number of carbonyl (C=O) groups is 2. The molecule has 0 bridgehead atoms. The zero-order chi connectivity index (χ0) is 21.1. The summed E-state index contributed by atoms with van der Waals surface area (Å²) in [5.41, 5.74) is 0.927. The number of para-hydroxylation sites is 2. The number of halogens is 1. The Hall–Kier alpha value is -3.04. The zero-order valence-corrected chi connectivity index (χ0v) is 17.4. The summed E-state index contributed by atoms with van der Waals surface area (Å²) < 4.78 is 14.8. The minimum atomic E-state index is -0.648. The summed E-state index contributed by atoms with van der Waals surface area (Å²) in [7, 11) is 0. The van der Waals surface area contributed by atoms with Gasteiger partial charge in [-0.25, -0.2) is 9.37 Å². The molecule has 0 saturated carbocycles. The van der Waals surface area contributed by atoms with Crippen LogP contribution >= 0.6 is 23.1 Å². The number of nitrogens with zero attached hydrogens (tertiary/aromatic N) is 3. The van der Waals surface area contributed by atoms with Crippen LogP contribution in [0.3, 0.4) is 0 Å². The van der Waals surface area contributed by atoms with E-state index >= 15 is 0 Å². The van der Waals surface area contributed by atoms with Crippen molar-refractivity contribution in [1.29, 1.82) is 0 Å². The molecule has 3 aromatic rings. The molecule has 1 aliphatic heterocycles. The number of aliphatic imine (C=N–C) groups is 1. The van der Waals surface area contributed by atoms with E-state index in [0.717, 1.165) is 10.2 Å². The van der Waals surface area contributed by atoms with E-state index in [2.05, 4.69) is 21.9 Å². The molecule has 0 aliphatic carbocycles. The van der Waals surface area contributed by atoms with E-state index in [4.69, 9.17) is 0 Å². The van der Waals surface area contributed by atoms with Crippen molar-refractivity contribution >= 4 is 61.1 Å². The second-order valence-corrected chi connectivity index (χ2v) is 8.61. The Morgan fingerprint density at radius 2 is 2.03 bits per heavy atom. The van der Waals surface area contributed by atoms with Crippen molar-refractivity contribution in [2.24, 2.45) is 4.99 Å². The van der Waals surface area contributed by atoms with Crippen LogP contribution in [0, 0.1) is 5.82 Å². The molecule has 1 atom stereocenters. The minimum absolute atomic E-state index is 0.0873. The van der Waals surface area contributed by atoms with E-state index in [1.807, 2.05) is 24.3 Å². The van der Waals surface area contributed by atoms with Crippen molar-refractivity contribution < 1.29 is 14.0 Å². The number of thioether (sulfide) groups is 1. The molecular weight excluding hydrogens is 423 g/mol. The van der Waals surface area contributed by atoms with Crippen molar-refractivity contribution in [2.75, 3.05) is 11.9 Å². The number of aromatic nitrogens is 1. The van der Waals surface area contributed by atoms with Gasteiger partial charge in [0, 0.05) is 13.0 Å². The molecule has 1 saturated heterocycles. The van der Waals surface area contributed by atoms with Gasteiger partial charge in [-0.05, 0) is 24.3 Å². The molecule has 1 aliphatic rings. The predicted octanol–water partition coefficient (Wildman–Crippen LogP) is 4.58. The Balaban J connectivity index is 1.52. The van der Waals surface area contributed by atoms with Crippen LogP contribution < -0.4 is 5.32 Å². The average molecular weight is 441 g/mol. The number of anilines is 1. The van der Waals surface area contributed by atoms with Gasteiger partial charge in [0.25, 0.3) is 0 Å². The number of hydrogen-bond acceptors (Lipinski definition) is 6. The largest absolute Gasteiger partial charge is 0.324 e. The molecule has 2 heterocycles. The molecule has 0 radical (unpaired) electrons. The number of nitrogens with one attached hydrogen (secondary N) is 1. The summed E-state index contributed by atoms with van der Waals surface area (Å²) in [6.07, 6.45) is 1.51. The average Bonchev–Trinajstić information content (AvgIpc) is 3.26. The van der Waals surface area contributed by atoms with Gasteiger partial charge in [-0.15, -0.1) is 6.58 Å². The highest BCUT2D eigenvalue weighted by Crippen LogP contribution is 2.34. The molecule has 4 rings (SSSR count). The molecule has 0 spiro atoms. The third kappa shape index (κ3) is 4.27. The monoisotopic (exact) mass is 440 g/mol. The fourth-order valence-electron chi connectivity index (χ4n) is 2.94. The Morgan fingerprint density at radius 1 is 1.27 bits per heavy atom. The Bertz CT molecular complexity index is 1130. The standard InChI is InChI=1S/C21H17FN4O2S2/c1-2-11-26-19(28)17(12-18(27)23-14-8-4-3-7-13(14)22)30-21(26)25-20-24-15-9-5-6-10-16(15)29-20/h2-10,17H,1,11-12H2,(H,23,27). The number of fused-ring (bicyclic) bond motifs is 1. The maximum absolute atomic E-state index is 13.8. The van der Waals surface area contributed by atoms with Gasteiger partial charge in [0.05, 0.1) is 15.9 Å². The fourth-order valence-corrected chi connectivity index (χ4v) is 4.99. The summed E-state index contributed by atoms with van der Waals surface area (Å²) in [6, 6.07) is 13.6. The van der Waals surface area contributed by atoms with Crippen LogP contribution in [0.15, 0.2) is 66.2 Å². The Kier molecular flexibility index (Phi) is 5.91. The molecule has 152 valence electrons. The van der Waals surface area contributed by atoms with Crippen LogP contribution in [0.5, 0.6) is 0 Å².